The molecule has 6 nitrogen and oxygen atoms in total. The summed E-state index contributed by atoms with van der Waals surface area (Å²) in [4.78, 5) is 8.80. The van der Waals surface area contributed by atoms with Crippen molar-refractivity contribution in [3.8, 4) is 29.0 Å². The molecule has 0 radical (unpaired) electrons. The van der Waals surface area contributed by atoms with E-state index in [1.54, 1.807) is 6.07 Å². The average Bonchev–Trinajstić information content (AvgIpc) is 2.68. The molecule has 1 aliphatic heterocycles. The first-order valence-electron chi connectivity index (χ1n) is 9.70. The van der Waals surface area contributed by atoms with Gasteiger partial charge in [-0.2, -0.15) is 0 Å². The van der Waals surface area contributed by atoms with Crippen LogP contribution in [0.1, 0.15) is 18.3 Å². The highest BCUT2D eigenvalue weighted by atomic mass is 16.5. The van der Waals surface area contributed by atoms with Crippen molar-refractivity contribution in [2.75, 3.05) is 0 Å². The third kappa shape index (κ3) is 5.17. The molecule has 1 N–H and O–H groups in total. The summed E-state index contributed by atoms with van der Waals surface area (Å²) in [5.41, 5.74) is 2.78. The Morgan fingerprint density at radius 3 is 1.87 bits per heavy atom. The Morgan fingerprint density at radius 2 is 1.33 bits per heavy atom. The standard InChI is InChI=1S/C24H23N3O3/c1-16-7-4-10-22(25-16)28-19-13-20(29-23-11-5-8-17(2)26-23)15-21(14-19)30-24-12-6-9-18(3)27-24/h4-15,22,25H,1-3H3. The lowest BCUT2D eigenvalue weighted by Gasteiger charge is -2.21. The van der Waals surface area contributed by atoms with Crippen LogP contribution in [0.3, 0.4) is 0 Å². The topological polar surface area (TPSA) is 65.5 Å². The molecule has 3 aromatic rings. The maximum Gasteiger partial charge on any atom is 0.219 e. The molecule has 0 aliphatic carbocycles. The fourth-order valence-electron chi connectivity index (χ4n) is 2.96. The number of rotatable bonds is 6. The highest BCUT2D eigenvalue weighted by Gasteiger charge is 2.13. The lowest BCUT2D eigenvalue weighted by molar-refractivity contribution is 0.220. The van der Waals surface area contributed by atoms with E-state index in [2.05, 4.69) is 15.3 Å². The molecule has 0 fully saturated rings. The molecule has 0 saturated carbocycles. The molecule has 3 heterocycles. The van der Waals surface area contributed by atoms with E-state index >= 15 is 0 Å². The number of hydrogen-bond acceptors (Lipinski definition) is 6. The molecule has 0 bridgehead atoms. The van der Waals surface area contributed by atoms with E-state index in [0.29, 0.717) is 29.0 Å². The SMILES string of the molecule is CC1=CC=CC(Oc2cc(Oc3cccc(C)n3)cc(Oc3cccc(C)n3)c2)N1. The van der Waals surface area contributed by atoms with Crippen LogP contribution in [0.5, 0.6) is 29.0 Å². The van der Waals surface area contributed by atoms with Crippen molar-refractivity contribution in [3.63, 3.8) is 0 Å². The van der Waals surface area contributed by atoms with Crippen molar-refractivity contribution in [3.05, 3.63) is 89.9 Å². The number of hydrogen-bond donors (Lipinski definition) is 1. The molecule has 0 saturated heterocycles. The van der Waals surface area contributed by atoms with E-state index in [-0.39, 0.29) is 6.23 Å². The van der Waals surface area contributed by atoms with E-state index in [9.17, 15) is 0 Å². The first-order valence-corrected chi connectivity index (χ1v) is 9.70. The number of aromatic nitrogens is 2. The Bertz CT molecular complexity index is 1040. The zero-order chi connectivity index (χ0) is 20.9. The van der Waals surface area contributed by atoms with Crippen LogP contribution in [0.4, 0.5) is 0 Å². The van der Waals surface area contributed by atoms with Gasteiger partial charge in [-0.15, -0.1) is 0 Å². The van der Waals surface area contributed by atoms with E-state index in [0.717, 1.165) is 17.1 Å². The molecule has 30 heavy (non-hydrogen) atoms. The molecule has 1 atom stereocenters. The summed E-state index contributed by atoms with van der Waals surface area (Å²) in [5.74, 6) is 2.71. The fourth-order valence-corrected chi connectivity index (χ4v) is 2.96. The van der Waals surface area contributed by atoms with Gasteiger partial charge in [-0.25, -0.2) is 9.97 Å². The minimum absolute atomic E-state index is 0.285. The van der Waals surface area contributed by atoms with Crippen molar-refractivity contribution in [1.29, 1.82) is 0 Å². The fraction of sp³-hybridized carbons (Fsp3) is 0.167. The van der Waals surface area contributed by atoms with Crippen LogP contribution in [0, 0.1) is 13.8 Å². The second kappa shape index (κ2) is 8.69. The van der Waals surface area contributed by atoms with Crippen molar-refractivity contribution in [2.24, 2.45) is 0 Å². The first-order chi connectivity index (χ1) is 14.5. The molecule has 1 aliphatic rings. The zero-order valence-corrected chi connectivity index (χ0v) is 17.1. The third-order valence-electron chi connectivity index (χ3n) is 4.29. The van der Waals surface area contributed by atoms with Gasteiger partial charge in [0.05, 0.1) is 0 Å². The molecular formula is C24H23N3O3. The molecule has 1 unspecified atom stereocenters. The van der Waals surface area contributed by atoms with Crippen molar-refractivity contribution < 1.29 is 14.2 Å². The minimum Gasteiger partial charge on any atom is -0.467 e. The Morgan fingerprint density at radius 1 is 0.767 bits per heavy atom. The van der Waals surface area contributed by atoms with Gasteiger partial charge in [0.25, 0.3) is 0 Å². The zero-order valence-electron chi connectivity index (χ0n) is 17.1. The number of nitrogens with zero attached hydrogens (tertiary/aromatic N) is 2. The second-order valence-electron chi connectivity index (χ2n) is 7.00. The maximum atomic E-state index is 6.09. The summed E-state index contributed by atoms with van der Waals surface area (Å²) >= 11 is 0. The van der Waals surface area contributed by atoms with Gasteiger partial charge in [-0.05, 0) is 45.1 Å². The van der Waals surface area contributed by atoms with Gasteiger partial charge < -0.3 is 19.5 Å². The largest absolute Gasteiger partial charge is 0.467 e. The number of pyridine rings is 2. The maximum absolute atomic E-state index is 6.09. The van der Waals surface area contributed by atoms with Crippen LogP contribution in [0.25, 0.3) is 0 Å². The van der Waals surface area contributed by atoms with Crippen molar-refractivity contribution >= 4 is 0 Å². The third-order valence-corrected chi connectivity index (χ3v) is 4.29. The summed E-state index contributed by atoms with van der Waals surface area (Å²) in [6.07, 6.45) is 5.60. The van der Waals surface area contributed by atoms with Crippen LogP contribution in [-0.2, 0) is 0 Å². The minimum atomic E-state index is -0.285. The lowest BCUT2D eigenvalue weighted by atomic mass is 10.2. The van der Waals surface area contributed by atoms with Crippen LogP contribution >= 0.6 is 0 Å². The van der Waals surface area contributed by atoms with Crippen molar-refractivity contribution in [1.82, 2.24) is 15.3 Å². The summed E-state index contributed by atoms with van der Waals surface area (Å²) < 4.78 is 18.0. The lowest BCUT2D eigenvalue weighted by Crippen LogP contribution is -2.32. The summed E-state index contributed by atoms with van der Waals surface area (Å²) in [6.45, 7) is 5.82. The number of allylic oxidation sites excluding steroid dienone is 3. The second-order valence-corrected chi connectivity index (χ2v) is 7.00. The number of ether oxygens (including phenoxy) is 3. The average molecular weight is 401 g/mol. The van der Waals surface area contributed by atoms with E-state index in [1.165, 1.54) is 0 Å². The van der Waals surface area contributed by atoms with Gasteiger partial charge in [0.1, 0.15) is 17.2 Å². The van der Waals surface area contributed by atoms with Gasteiger partial charge in [-0.3, -0.25) is 0 Å². The highest BCUT2D eigenvalue weighted by molar-refractivity contribution is 5.45. The van der Waals surface area contributed by atoms with Crippen LogP contribution < -0.4 is 19.5 Å². The number of benzene rings is 1. The van der Waals surface area contributed by atoms with Crippen LogP contribution in [0.15, 0.2) is 78.5 Å². The van der Waals surface area contributed by atoms with Gasteiger partial charge in [0.2, 0.25) is 11.8 Å². The highest BCUT2D eigenvalue weighted by Crippen LogP contribution is 2.33. The molecule has 1 aromatic carbocycles. The Labute approximate surface area is 175 Å². The summed E-state index contributed by atoms with van der Waals surface area (Å²) in [5, 5.41) is 3.26. The summed E-state index contributed by atoms with van der Waals surface area (Å²) in [7, 11) is 0. The van der Waals surface area contributed by atoms with Crippen molar-refractivity contribution in [2.45, 2.75) is 27.0 Å². The molecule has 2 aromatic heterocycles. The van der Waals surface area contributed by atoms with Gasteiger partial charge in [0.15, 0.2) is 6.23 Å². The van der Waals surface area contributed by atoms with Gasteiger partial charge >= 0.3 is 0 Å². The van der Waals surface area contributed by atoms with E-state index in [4.69, 9.17) is 14.2 Å². The molecule has 152 valence electrons. The molecule has 0 spiro atoms. The van der Waals surface area contributed by atoms with E-state index < -0.39 is 0 Å². The monoisotopic (exact) mass is 401 g/mol. The quantitative estimate of drug-likeness (QED) is 0.593. The summed E-state index contributed by atoms with van der Waals surface area (Å²) in [6, 6.07) is 16.7. The smallest absolute Gasteiger partial charge is 0.219 e. The van der Waals surface area contributed by atoms with E-state index in [1.807, 2.05) is 87.5 Å². The molecule has 6 heteroatoms. The molecular weight excluding hydrogens is 378 g/mol. The van der Waals surface area contributed by atoms with Gasteiger partial charge in [-0.1, -0.05) is 18.2 Å². The van der Waals surface area contributed by atoms with Crippen LogP contribution in [-0.4, -0.2) is 16.2 Å². The predicted octanol–water partition coefficient (Wildman–Crippen LogP) is 5.45. The predicted molar refractivity (Wildman–Crippen MR) is 115 cm³/mol. The first kappa shape index (κ1) is 19.5. The number of nitrogens with one attached hydrogen (secondary N) is 1. The Hall–Kier alpha value is -3.80. The number of dihydropyridines is 1. The molecule has 4 rings (SSSR count). The van der Waals surface area contributed by atoms with Gasteiger partial charge in [0, 0.05) is 47.4 Å². The number of aryl methyl sites for hydroxylation is 2. The molecule has 0 amide bonds. The Kier molecular flexibility index (Phi) is 5.66. The van der Waals surface area contributed by atoms with Crippen LogP contribution in [0.2, 0.25) is 0 Å². The normalized spacial score (nSPS) is 15.2. The Balaban J connectivity index is 1.62.